The van der Waals surface area contributed by atoms with Crippen molar-refractivity contribution >= 4 is 22.6 Å². The smallest absolute Gasteiger partial charge is 0.0965 e. The van der Waals surface area contributed by atoms with Gasteiger partial charge in [-0.15, -0.1) is 0 Å². The number of imidazole rings is 1. The van der Waals surface area contributed by atoms with Gasteiger partial charge < -0.3 is 4.57 Å². The van der Waals surface area contributed by atoms with Gasteiger partial charge in [0.25, 0.3) is 0 Å². The summed E-state index contributed by atoms with van der Waals surface area (Å²) >= 11 is 0. The molecule has 0 aliphatic heterocycles. The number of hydrogen-bond donors (Lipinski definition) is 0. The van der Waals surface area contributed by atoms with E-state index in [0.29, 0.717) is 0 Å². The van der Waals surface area contributed by atoms with E-state index in [-0.39, 0.29) is 11.0 Å². The standard InChI is InChI=1S/C25H26N2Si.C13H11B/c1-2-10-21-11-9-16-24(19-21)28-25(27-18-17-26-20-27,22-12-5-3-6-13-22)23-14-7-4-8-15-23;14-13(11-7-3-1-4-8-11)12-9-5-2-6-10-12/h3-9,11-20H,2,10,28H2,1H3;1-10,13H. The number of rotatable bonds is 9. The molecule has 0 saturated carbocycles. The lowest BCUT2D eigenvalue weighted by molar-refractivity contribution is 0.596. The van der Waals surface area contributed by atoms with Gasteiger partial charge in [-0.1, -0.05) is 164 Å². The largest absolute Gasteiger partial charge is 0.326 e. The van der Waals surface area contributed by atoms with Crippen LogP contribution < -0.4 is 5.19 Å². The third-order valence-electron chi connectivity index (χ3n) is 7.76. The van der Waals surface area contributed by atoms with Crippen molar-refractivity contribution in [2.75, 3.05) is 0 Å². The Bertz CT molecular complexity index is 1530. The lowest BCUT2D eigenvalue weighted by Crippen LogP contribution is -2.46. The van der Waals surface area contributed by atoms with E-state index in [9.17, 15) is 0 Å². The lowest BCUT2D eigenvalue weighted by atomic mass is 9.76. The molecule has 0 unspecified atom stereocenters. The van der Waals surface area contributed by atoms with Gasteiger partial charge in [-0.05, 0) is 40.1 Å². The van der Waals surface area contributed by atoms with Gasteiger partial charge in [0.05, 0.1) is 28.9 Å². The van der Waals surface area contributed by atoms with Gasteiger partial charge in [0.2, 0.25) is 0 Å². The summed E-state index contributed by atoms with van der Waals surface area (Å²) in [6.45, 7) is 2.24. The van der Waals surface area contributed by atoms with Gasteiger partial charge >= 0.3 is 0 Å². The average Bonchev–Trinajstić information content (AvgIpc) is 3.61. The topological polar surface area (TPSA) is 17.8 Å². The third-order valence-corrected chi connectivity index (χ3v) is 10.3. The second-order valence-corrected chi connectivity index (χ2v) is 12.8. The molecule has 42 heavy (non-hydrogen) atoms. The molecule has 0 saturated heterocycles. The first-order chi connectivity index (χ1) is 20.7. The minimum absolute atomic E-state index is 0.0163. The van der Waals surface area contributed by atoms with Crippen molar-refractivity contribution in [2.45, 2.75) is 30.7 Å². The molecule has 206 valence electrons. The molecule has 0 bridgehead atoms. The lowest BCUT2D eigenvalue weighted by Gasteiger charge is -2.37. The quantitative estimate of drug-likeness (QED) is 0.174. The summed E-state index contributed by atoms with van der Waals surface area (Å²) in [5.41, 5.74) is 6.39. The SMILES string of the molecule is CCCc1cccc([SiH2]C(c2ccccc2)(c2ccccc2)n2ccnc2)c1.[B]C(c1ccccc1)c1ccccc1. The first-order valence-corrected chi connectivity index (χ1v) is 16.1. The highest BCUT2D eigenvalue weighted by atomic mass is 28.2. The molecule has 0 amide bonds. The summed E-state index contributed by atoms with van der Waals surface area (Å²) in [5.74, 6) is -0.0163. The van der Waals surface area contributed by atoms with Crippen LogP contribution in [0.25, 0.3) is 0 Å². The fraction of sp³-hybridized carbons (Fsp3) is 0.132. The van der Waals surface area contributed by atoms with Crippen LogP contribution in [0.1, 0.15) is 47.0 Å². The summed E-state index contributed by atoms with van der Waals surface area (Å²) in [7, 11) is 5.33. The molecule has 0 aliphatic carbocycles. The predicted octanol–water partition coefficient (Wildman–Crippen LogP) is 7.02. The zero-order valence-electron chi connectivity index (χ0n) is 24.3. The van der Waals surface area contributed by atoms with Crippen LogP contribution in [0.5, 0.6) is 0 Å². The Morgan fingerprint density at radius 1 is 0.690 bits per heavy atom. The van der Waals surface area contributed by atoms with Crippen molar-refractivity contribution in [1.29, 1.82) is 0 Å². The van der Waals surface area contributed by atoms with E-state index in [0.717, 1.165) is 17.5 Å². The van der Waals surface area contributed by atoms with Gasteiger partial charge in [-0.3, -0.25) is 0 Å². The number of aromatic nitrogens is 2. The summed E-state index contributed by atoms with van der Waals surface area (Å²) < 4.78 is 2.32. The summed E-state index contributed by atoms with van der Waals surface area (Å²) in [6, 6.07) is 51.3. The molecule has 0 atom stereocenters. The van der Waals surface area contributed by atoms with Crippen molar-refractivity contribution in [3.8, 4) is 0 Å². The number of nitrogens with zero attached hydrogens (tertiary/aromatic N) is 2. The Balaban J connectivity index is 0.000000211. The predicted molar refractivity (Wildman–Crippen MR) is 180 cm³/mol. The Labute approximate surface area is 254 Å². The fourth-order valence-corrected chi connectivity index (χ4v) is 8.12. The van der Waals surface area contributed by atoms with Crippen molar-refractivity contribution in [1.82, 2.24) is 9.55 Å². The zero-order chi connectivity index (χ0) is 29.0. The molecule has 1 aromatic heterocycles. The van der Waals surface area contributed by atoms with Gasteiger partial charge in [0.15, 0.2) is 0 Å². The number of aryl methyl sites for hydroxylation is 1. The molecule has 5 aromatic carbocycles. The maximum absolute atomic E-state index is 6.12. The second kappa shape index (κ2) is 14.5. The van der Waals surface area contributed by atoms with Crippen LogP contribution in [0.2, 0.25) is 0 Å². The minimum atomic E-state index is -0.785. The molecule has 4 heteroatoms. The van der Waals surface area contributed by atoms with Crippen LogP contribution in [0, 0.1) is 0 Å². The summed E-state index contributed by atoms with van der Waals surface area (Å²) in [6.07, 6.45) is 8.29. The van der Waals surface area contributed by atoms with Gasteiger partial charge in [-0.2, -0.15) is 0 Å². The van der Waals surface area contributed by atoms with Gasteiger partial charge in [-0.25, -0.2) is 4.98 Å². The van der Waals surface area contributed by atoms with Crippen molar-refractivity contribution in [3.63, 3.8) is 0 Å². The highest BCUT2D eigenvalue weighted by Gasteiger charge is 2.36. The first-order valence-electron chi connectivity index (χ1n) is 14.7. The van der Waals surface area contributed by atoms with E-state index in [1.54, 1.807) is 0 Å². The third kappa shape index (κ3) is 6.90. The number of hydrogen-bond acceptors (Lipinski definition) is 1. The summed E-state index contributed by atoms with van der Waals surface area (Å²) in [4.78, 5) is 4.41. The van der Waals surface area contributed by atoms with Gasteiger partial charge in [0.1, 0.15) is 0 Å². The van der Waals surface area contributed by atoms with Crippen LogP contribution in [-0.2, 0) is 11.6 Å². The summed E-state index contributed by atoms with van der Waals surface area (Å²) in [5, 5.41) is 1.27. The van der Waals surface area contributed by atoms with Crippen LogP contribution in [-0.4, -0.2) is 26.9 Å². The van der Waals surface area contributed by atoms with Crippen LogP contribution in [0.15, 0.2) is 164 Å². The Hall–Kier alpha value is -4.41. The highest BCUT2D eigenvalue weighted by molar-refractivity contribution is 6.57. The Morgan fingerprint density at radius 2 is 1.21 bits per heavy atom. The molecule has 0 aliphatic rings. The minimum Gasteiger partial charge on any atom is -0.326 e. The van der Waals surface area contributed by atoms with Crippen molar-refractivity contribution < 1.29 is 0 Å². The van der Waals surface area contributed by atoms with Gasteiger partial charge in [0, 0.05) is 12.4 Å². The fourth-order valence-electron chi connectivity index (χ4n) is 5.67. The van der Waals surface area contributed by atoms with Crippen LogP contribution in [0.3, 0.4) is 0 Å². The molecular formula is C38H37BN2Si. The average molecular weight is 561 g/mol. The molecule has 0 spiro atoms. The van der Waals surface area contributed by atoms with E-state index in [4.69, 9.17) is 7.85 Å². The normalized spacial score (nSPS) is 11.4. The second-order valence-electron chi connectivity index (χ2n) is 10.6. The maximum Gasteiger partial charge on any atom is 0.0965 e. The maximum atomic E-state index is 6.12. The molecule has 2 radical (unpaired) electrons. The molecule has 1 heterocycles. The Morgan fingerprint density at radius 3 is 1.69 bits per heavy atom. The van der Waals surface area contributed by atoms with E-state index in [1.807, 2.05) is 48.9 Å². The Kier molecular flexibility index (Phi) is 10.0. The number of benzene rings is 5. The highest BCUT2D eigenvalue weighted by Crippen LogP contribution is 2.33. The molecule has 2 nitrogen and oxygen atoms in total. The zero-order valence-corrected chi connectivity index (χ0v) is 25.7. The monoisotopic (exact) mass is 560 g/mol. The first kappa shape index (κ1) is 29.1. The van der Waals surface area contributed by atoms with Crippen molar-refractivity contribution in [2.24, 2.45) is 0 Å². The van der Waals surface area contributed by atoms with E-state index in [1.165, 1.54) is 28.3 Å². The van der Waals surface area contributed by atoms with E-state index < -0.39 is 9.52 Å². The van der Waals surface area contributed by atoms with E-state index >= 15 is 0 Å². The molecule has 0 fully saturated rings. The molecule has 6 aromatic rings. The van der Waals surface area contributed by atoms with Crippen molar-refractivity contribution in [3.05, 3.63) is 192 Å². The molecular weight excluding hydrogens is 523 g/mol. The molecule has 6 rings (SSSR count). The van der Waals surface area contributed by atoms with Crippen LogP contribution in [0.4, 0.5) is 0 Å². The van der Waals surface area contributed by atoms with Crippen LogP contribution >= 0.6 is 0 Å². The molecule has 0 N–H and O–H groups in total. The van der Waals surface area contributed by atoms with E-state index in [2.05, 4.69) is 132 Å².